The Labute approximate surface area is 188 Å². The number of hydrogen-bond acceptors (Lipinski definition) is 6. The zero-order chi connectivity index (χ0) is 23.1. The minimum Gasteiger partial charge on any atom is -0.484 e. The van der Waals surface area contributed by atoms with Gasteiger partial charge in [0, 0.05) is 29.8 Å². The SMILES string of the molecule is Cc1cc(=O)oc2cc(OCC(=O)Nc3ccc4c(c3)C(=O)N3CCC[C@H]3C(=O)N4)ccc12. The lowest BCUT2D eigenvalue weighted by Gasteiger charge is -2.20. The Morgan fingerprint density at radius 3 is 2.88 bits per heavy atom. The van der Waals surface area contributed by atoms with Gasteiger partial charge in [-0.05, 0) is 55.7 Å². The summed E-state index contributed by atoms with van der Waals surface area (Å²) < 4.78 is 10.7. The van der Waals surface area contributed by atoms with Crippen molar-refractivity contribution in [1.29, 1.82) is 0 Å². The van der Waals surface area contributed by atoms with Crippen molar-refractivity contribution in [2.45, 2.75) is 25.8 Å². The van der Waals surface area contributed by atoms with E-state index in [2.05, 4.69) is 10.6 Å². The molecule has 0 radical (unpaired) electrons. The molecule has 3 amide bonds. The van der Waals surface area contributed by atoms with E-state index in [0.29, 0.717) is 41.2 Å². The third-order valence-corrected chi connectivity index (χ3v) is 5.90. The quantitative estimate of drug-likeness (QED) is 0.594. The van der Waals surface area contributed by atoms with Crippen LogP contribution in [-0.4, -0.2) is 41.8 Å². The van der Waals surface area contributed by atoms with E-state index >= 15 is 0 Å². The minimum atomic E-state index is -0.455. The number of rotatable bonds is 4. The monoisotopic (exact) mass is 447 g/mol. The molecule has 33 heavy (non-hydrogen) atoms. The summed E-state index contributed by atoms with van der Waals surface area (Å²) in [6, 6.07) is 10.8. The number of nitrogens with zero attached hydrogens (tertiary/aromatic N) is 1. The average Bonchev–Trinajstić information content (AvgIpc) is 3.25. The molecular formula is C24H21N3O6. The van der Waals surface area contributed by atoms with Crippen molar-refractivity contribution in [3.63, 3.8) is 0 Å². The Kier molecular flexibility index (Phi) is 5.08. The number of carbonyl (C=O) groups excluding carboxylic acids is 3. The summed E-state index contributed by atoms with van der Waals surface area (Å²) in [6.07, 6.45) is 1.43. The van der Waals surface area contributed by atoms with E-state index in [1.54, 1.807) is 41.3 Å². The van der Waals surface area contributed by atoms with Crippen molar-refractivity contribution in [3.05, 3.63) is 64.0 Å². The van der Waals surface area contributed by atoms with Gasteiger partial charge in [-0.2, -0.15) is 0 Å². The number of benzene rings is 2. The van der Waals surface area contributed by atoms with Crippen molar-refractivity contribution in [2.75, 3.05) is 23.8 Å². The fourth-order valence-corrected chi connectivity index (χ4v) is 4.30. The van der Waals surface area contributed by atoms with E-state index in [1.165, 1.54) is 6.07 Å². The number of ether oxygens (including phenoxy) is 1. The molecule has 0 saturated carbocycles. The second kappa shape index (κ2) is 8.09. The molecule has 2 N–H and O–H groups in total. The maximum absolute atomic E-state index is 12.9. The second-order valence-electron chi connectivity index (χ2n) is 8.15. The van der Waals surface area contributed by atoms with Crippen molar-refractivity contribution in [2.24, 2.45) is 0 Å². The zero-order valence-electron chi connectivity index (χ0n) is 17.8. The molecule has 2 aliphatic rings. The summed E-state index contributed by atoms with van der Waals surface area (Å²) in [7, 11) is 0. The number of fused-ring (bicyclic) bond motifs is 3. The Bertz CT molecular complexity index is 1360. The van der Waals surface area contributed by atoms with Gasteiger partial charge in [0.05, 0.1) is 11.3 Å². The van der Waals surface area contributed by atoms with E-state index in [1.807, 2.05) is 6.92 Å². The number of anilines is 2. The van der Waals surface area contributed by atoms with Gasteiger partial charge in [-0.3, -0.25) is 14.4 Å². The van der Waals surface area contributed by atoms with Crippen LogP contribution < -0.4 is 21.0 Å². The van der Waals surface area contributed by atoms with E-state index in [-0.39, 0.29) is 18.4 Å². The lowest BCUT2D eigenvalue weighted by molar-refractivity contribution is -0.119. The van der Waals surface area contributed by atoms with E-state index in [0.717, 1.165) is 17.4 Å². The third kappa shape index (κ3) is 3.93. The van der Waals surface area contributed by atoms with Gasteiger partial charge in [0.15, 0.2) is 6.61 Å². The van der Waals surface area contributed by atoms with Crippen LogP contribution in [-0.2, 0) is 9.59 Å². The highest BCUT2D eigenvalue weighted by Crippen LogP contribution is 2.30. The first-order valence-electron chi connectivity index (χ1n) is 10.6. The molecule has 0 spiro atoms. The van der Waals surface area contributed by atoms with Crippen LogP contribution in [0.3, 0.4) is 0 Å². The molecule has 0 aliphatic carbocycles. The molecule has 1 saturated heterocycles. The number of aryl methyl sites for hydroxylation is 1. The second-order valence-corrected chi connectivity index (χ2v) is 8.15. The Hall–Kier alpha value is -4.14. The Morgan fingerprint density at radius 2 is 2.03 bits per heavy atom. The van der Waals surface area contributed by atoms with Gasteiger partial charge in [0.1, 0.15) is 17.4 Å². The number of amides is 3. The predicted octanol–water partition coefficient (Wildman–Crippen LogP) is 2.68. The normalized spacial score (nSPS) is 17.2. The molecule has 3 aromatic rings. The molecule has 0 unspecified atom stereocenters. The maximum atomic E-state index is 12.9. The highest BCUT2D eigenvalue weighted by Gasteiger charge is 2.38. The van der Waals surface area contributed by atoms with Crippen LogP contribution in [0.2, 0.25) is 0 Å². The summed E-state index contributed by atoms with van der Waals surface area (Å²) >= 11 is 0. The van der Waals surface area contributed by atoms with Crippen LogP contribution in [0, 0.1) is 6.92 Å². The Morgan fingerprint density at radius 1 is 1.18 bits per heavy atom. The molecule has 1 atom stereocenters. The first kappa shape index (κ1) is 20.7. The minimum absolute atomic E-state index is 0.189. The summed E-state index contributed by atoms with van der Waals surface area (Å²) in [4.78, 5) is 50.9. The van der Waals surface area contributed by atoms with Gasteiger partial charge >= 0.3 is 5.63 Å². The van der Waals surface area contributed by atoms with E-state index in [4.69, 9.17) is 9.15 Å². The molecule has 9 heteroatoms. The zero-order valence-corrected chi connectivity index (χ0v) is 17.8. The molecule has 5 rings (SSSR count). The van der Waals surface area contributed by atoms with Gasteiger partial charge in [-0.15, -0.1) is 0 Å². The van der Waals surface area contributed by atoms with Crippen LogP contribution in [0.15, 0.2) is 51.7 Å². The number of nitrogens with one attached hydrogen (secondary N) is 2. The predicted molar refractivity (Wildman–Crippen MR) is 120 cm³/mol. The van der Waals surface area contributed by atoms with Crippen LogP contribution in [0.5, 0.6) is 5.75 Å². The first-order chi connectivity index (χ1) is 15.9. The lowest BCUT2D eigenvalue weighted by atomic mass is 10.1. The molecule has 2 aliphatic heterocycles. The van der Waals surface area contributed by atoms with Crippen LogP contribution >= 0.6 is 0 Å². The van der Waals surface area contributed by atoms with Gasteiger partial charge in [-0.25, -0.2) is 4.79 Å². The summed E-state index contributed by atoms with van der Waals surface area (Å²) in [5.41, 5.74) is 1.91. The molecule has 9 nitrogen and oxygen atoms in total. The summed E-state index contributed by atoms with van der Waals surface area (Å²) in [5, 5.41) is 6.30. The highest BCUT2D eigenvalue weighted by molar-refractivity contribution is 6.11. The summed E-state index contributed by atoms with van der Waals surface area (Å²) in [6.45, 7) is 2.07. The van der Waals surface area contributed by atoms with Gasteiger partial charge in [-0.1, -0.05) is 0 Å². The van der Waals surface area contributed by atoms with Crippen LogP contribution in [0.1, 0.15) is 28.8 Å². The fourth-order valence-electron chi connectivity index (χ4n) is 4.30. The molecule has 0 bridgehead atoms. The van der Waals surface area contributed by atoms with Crippen molar-refractivity contribution < 1.29 is 23.5 Å². The summed E-state index contributed by atoms with van der Waals surface area (Å²) in [5.74, 6) is -0.464. The molecule has 2 aromatic carbocycles. The molecule has 168 valence electrons. The van der Waals surface area contributed by atoms with Gasteiger partial charge in [0.2, 0.25) is 5.91 Å². The fraction of sp³-hybridized carbons (Fsp3) is 0.250. The van der Waals surface area contributed by atoms with Crippen molar-refractivity contribution in [1.82, 2.24) is 4.90 Å². The van der Waals surface area contributed by atoms with Gasteiger partial charge < -0.3 is 24.7 Å². The molecule has 1 fully saturated rings. The third-order valence-electron chi connectivity index (χ3n) is 5.90. The first-order valence-corrected chi connectivity index (χ1v) is 10.6. The average molecular weight is 447 g/mol. The van der Waals surface area contributed by atoms with Gasteiger partial charge in [0.25, 0.3) is 11.8 Å². The largest absolute Gasteiger partial charge is 0.484 e. The highest BCUT2D eigenvalue weighted by atomic mass is 16.5. The van der Waals surface area contributed by atoms with Crippen LogP contribution in [0.4, 0.5) is 11.4 Å². The van der Waals surface area contributed by atoms with Crippen molar-refractivity contribution in [3.8, 4) is 5.75 Å². The molecule has 1 aromatic heterocycles. The maximum Gasteiger partial charge on any atom is 0.336 e. The van der Waals surface area contributed by atoms with E-state index < -0.39 is 17.6 Å². The van der Waals surface area contributed by atoms with Crippen molar-refractivity contribution >= 4 is 40.1 Å². The smallest absolute Gasteiger partial charge is 0.336 e. The topological polar surface area (TPSA) is 118 Å². The molecule has 3 heterocycles. The standard InChI is InChI=1S/C24H21N3O6/c1-13-9-22(29)33-20-11-15(5-6-16(13)20)32-12-21(28)25-14-4-7-18-17(10-14)24(31)27-8-2-3-19(27)23(30)26-18/h4-7,9-11,19H,2-3,8,12H2,1H3,(H,25,28)(H,26,30)/t19-/m0/s1. The van der Waals surface area contributed by atoms with E-state index in [9.17, 15) is 19.2 Å². The molecular weight excluding hydrogens is 426 g/mol. The number of carbonyl (C=O) groups is 3. The lowest BCUT2D eigenvalue weighted by Crippen LogP contribution is -2.40. The number of hydrogen-bond donors (Lipinski definition) is 2. The Balaban J connectivity index is 1.29. The van der Waals surface area contributed by atoms with Crippen LogP contribution in [0.25, 0.3) is 11.0 Å².